The van der Waals surface area contributed by atoms with Crippen LogP contribution in [0.5, 0.6) is 5.75 Å². The largest absolute Gasteiger partial charge is 0.497 e. The van der Waals surface area contributed by atoms with Gasteiger partial charge in [0.15, 0.2) is 5.65 Å². The van der Waals surface area contributed by atoms with Crippen LogP contribution in [-0.4, -0.2) is 39.7 Å². The molecule has 2 heterocycles. The van der Waals surface area contributed by atoms with Gasteiger partial charge in [0.2, 0.25) is 0 Å². The summed E-state index contributed by atoms with van der Waals surface area (Å²) in [7, 11) is 3.46. The highest BCUT2D eigenvalue weighted by Gasteiger charge is 2.22. The Morgan fingerprint density at radius 3 is 2.44 bits per heavy atom. The number of carbonyl (C=O) groups excluding carboxylic acids is 1. The molecule has 142 valence electrons. The van der Waals surface area contributed by atoms with Crippen LogP contribution in [0.15, 0.2) is 36.5 Å². The smallest absolute Gasteiger partial charge is 0.255 e. The summed E-state index contributed by atoms with van der Waals surface area (Å²) < 4.78 is 7.08. The SMILES string of the molecule is COc1ccc(C(C)N(C)C(=O)c2cc3cnn(C(C)C)c3nc2C)cc1. The van der Waals surface area contributed by atoms with Crippen molar-refractivity contribution in [3.63, 3.8) is 0 Å². The lowest BCUT2D eigenvalue weighted by Gasteiger charge is -2.26. The van der Waals surface area contributed by atoms with Gasteiger partial charge < -0.3 is 9.64 Å². The average molecular weight is 366 g/mol. The monoisotopic (exact) mass is 366 g/mol. The van der Waals surface area contributed by atoms with Gasteiger partial charge in [-0.05, 0) is 51.5 Å². The van der Waals surface area contributed by atoms with Crippen LogP contribution in [-0.2, 0) is 0 Å². The molecule has 0 bridgehead atoms. The first-order valence-corrected chi connectivity index (χ1v) is 9.09. The van der Waals surface area contributed by atoms with Crippen LogP contribution in [0.2, 0.25) is 0 Å². The third-order valence-corrected chi connectivity index (χ3v) is 4.98. The number of aromatic nitrogens is 3. The summed E-state index contributed by atoms with van der Waals surface area (Å²) in [6.07, 6.45) is 1.77. The highest BCUT2D eigenvalue weighted by atomic mass is 16.5. The van der Waals surface area contributed by atoms with E-state index in [0.717, 1.165) is 22.3 Å². The molecule has 27 heavy (non-hydrogen) atoms. The van der Waals surface area contributed by atoms with Gasteiger partial charge in [-0.3, -0.25) is 4.79 Å². The molecule has 6 heteroatoms. The van der Waals surface area contributed by atoms with Gasteiger partial charge in [-0.2, -0.15) is 5.10 Å². The number of pyridine rings is 1. The number of nitrogens with zero attached hydrogens (tertiary/aromatic N) is 4. The summed E-state index contributed by atoms with van der Waals surface area (Å²) in [4.78, 5) is 19.5. The molecular formula is C21H26N4O2. The first kappa shape index (κ1) is 18.9. The maximum Gasteiger partial charge on any atom is 0.255 e. The van der Waals surface area contributed by atoms with Gasteiger partial charge in [0, 0.05) is 18.5 Å². The van der Waals surface area contributed by atoms with Gasteiger partial charge in [-0.15, -0.1) is 0 Å². The first-order chi connectivity index (χ1) is 12.8. The third-order valence-electron chi connectivity index (χ3n) is 4.98. The number of hydrogen-bond donors (Lipinski definition) is 0. The van der Waals surface area contributed by atoms with Crippen molar-refractivity contribution in [3.8, 4) is 5.75 Å². The van der Waals surface area contributed by atoms with Crippen molar-refractivity contribution in [2.75, 3.05) is 14.2 Å². The number of methoxy groups -OCH3 is 1. The van der Waals surface area contributed by atoms with Crippen molar-refractivity contribution >= 4 is 16.9 Å². The van der Waals surface area contributed by atoms with E-state index in [0.29, 0.717) is 11.3 Å². The summed E-state index contributed by atoms with van der Waals surface area (Å²) >= 11 is 0. The minimum Gasteiger partial charge on any atom is -0.497 e. The van der Waals surface area contributed by atoms with Crippen molar-refractivity contribution in [3.05, 3.63) is 53.3 Å². The van der Waals surface area contributed by atoms with Crippen LogP contribution < -0.4 is 4.74 Å². The predicted octanol–water partition coefficient (Wildman–Crippen LogP) is 4.16. The van der Waals surface area contributed by atoms with E-state index in [-0.39, 0.29) is 18.0 Å². The fourth-order valence-electron chi connectivity index (χ4n) is 3.13. The second kappa shape index (κ2) is 7.39. The zero-order valence-electron chi connectivity index (χ0n) is 16.7. The average Bonchev–Trinajstić information content (AvgIpc) is 3.08. The molecule has 3 rings (SSSR count). The molecule has 2 aromatic heterocycles. The molecule has 1 atom stereocenters. The van der Waals surface area contributed by atoms with Crippen LogP contribution >= 0.6 is 0 Å². The minimum absolute atomic E-state index is 0.0532. The molecule has 0 aliphatic heterocycles. The number of aryl methyl sites for hydroxylation is 1. The van der Waals surface area contributed by atoms with Crippen LogP contribution in [0.3, 0.4) is 0 Å². The Hall–Kier alpha value is -2.89. The van der Waals surface area contributed by atoms with Gasteiger partial charge in [0.05, 0.1) is 30.6 Å². The Bertz CT molecular complexity index is 960. The maximum absolute atomic E-state index is 13.1. The van der Waals surface area contributed by atoms with Gasteiger partial charge in [-0.25, -0.2) is 9.67 Å². The zero-order chi connectivity index (χ0) is 19.7. The van der Waals surface area contributed by atoms with E-state index in [1.165, 1.54) is 0 Å². The number of benzene rings is 1. The quantitative estimate of drug-likeness (QED) is 0.680. The highest BCUT2D eigenvalue weighted by molar-refractivity contribution is 5.98. The molecule has 0 radical (unpaired) electrons. The van der Waals surface area contributed by atoms with Crippen LogP contribution in [0.1, 0.15) is 54.5 Å². The molecule has 1 amide bonds. The van der Waals surface area contributed by atoms with Crippen molar-refractivity contribution in [1.29, 1.82) is 0 Å². The number of fused-ring (bicyclic) bond motifs is 1. The highest BCUT2D eigenvalue weighted by Crippen LogP contribution is 2.25. The van der Waals surface area contributed by atoms with Crippen LogP contribution in [0.4, 0.5) is 0 Å². The van der Waals surface area contributed by atoms with E-state index in [1.807, 2.05) is 55.9 Å². The molecule has 6 nitrogen and oxygen atoms in total. The molecule has 0 saturated carbocycles. The molecule has 0 N–H and O–H groups in total. The van der Waals surface area contributed by atoms with E-state index < -0.39 is 0 Å². The van der Waals surface area contributed by atoms with E-state index in [2.05, 4.69) is 23.9 Å². The van der Waals surface area contributed by atoms with Crippen molar-refractivity contribution in [2.24, 2.45) is 0 Å². The topological polar surface area (TPSA) is 60.2 Å². The molecule has 0 fully saturated rings. The molecule has 0 aliphatic carbocycles. The standard InChI is InChI=1S/C21H26N4O2/c1-13(2)25-20-17(12-22-25)11-19(14(3)23-20)21(26)24(5)15(4)16-7-9-18(27-6)10-8-16/h7-13,15H,1-6H3. The number of ether oxygens (including phenoxy) is 1. The summed E-state index contributed by atoms with van der Waals surface area (Å²) in [5.74, 6) is 0.745. The number of rotatable bonds is 5. The number of hydrogen-bond acceptors (Lipinski definition) is 4. The van der Waals surface area contributed by atoms with E-state index in [1.54, 1.807) is 18.2 Å². The molecule has 0 saturated heterocycles. The van der Waals surface area contributed by atoms with Gasteiger partial charge >= 0.3 is 0 Å². The van der Waals surface area contributed by atoms with Gasteiger partial charge in [0.1, 0.15) is 5.75 Å². The fourth-order valence-corrected chi connectivity index (χ4v) is 3.13. The van der Waals surface area contributed by atoms with Crippen LogP contribution in [0.25, 0.3) is 11.0 Å². The van der Waals surface area contributed by atoms with E-state index in [9.17, 15) is 4.79 Å². The lowest BCUT2D eigenvalue weighted by atomic mass is 10.1. The second-order valence-electron chi connectivity index (χ2n) is 7.08. The van der Waals surface area contributed by atoms with Crippen molar-refractivity contribution < 1.29 is 9.53 Å². The Morgan fingerprint density at radius 2 is 1.85 bits per heavy atom. The third kappa shape index (κ3) is 3.52. The minimum atomic E-state index is -0.0723. The summed E-state index contributed by atoms with van der Waals surface area (Å²) in [5.41, 5.74) is 3.17. The molecule has 3 aromatic rings. The lowest BCUT2D eigenvalue weighted by Crippen LogP contribution is -2.30. The van der Waals surface area contributed by atoms with E-state index >= 15 is 0 Å². The Kier molecular flexibility index (Phi) is 5.17. The first-order valence-electron chi connectivity index (χ1n) is 9.09. The Morgan fingerprint density at radius 1 is 1.19 bits per heavy atom. The molecule has 0 aliphatic rings. The molecule has 1 unspecified atom stereocenters. The van der Waals surface area contributed by atoms with Gasteiger partial charge in [-0.1, -0.05) is 12.1 Å². The Balaban J connectivity index is 1.90. The summed E-state index contributed by atoms with van der Waals surface area (Å²) in [6, 6.07) is 9.81. The molecule has 1 aromatic carbocycles. The summed E-state index contributed by atoms with van der Waals surface area (Å²) in [5, 5.41) is 5.28. The van der Waals surface area contributed by atoms with E-state index in [4.69, 9.17) is 4.74 Å². The van der Waals surface area contributed by atoms with Crippen molar-refractivity contribution in [1.82, 2.24) is 19.7 Å². The lowest BCUT2D eigenvalue weighted by molar-refractivity contribution is 0.0741. The predicted molar refractivity (Wildman–Crippen MR) is 106 cm³/mol. The molecular weight excluding hydrogens is 340 g/mol. The number of amides is 1. The number of carbonyl (C=O) groups is 1. The second-order valence-corrected chi connectivity index (χ2v) is 7.08. The zero-order valence-corrected chi connectivity index (χ0v) is 16.7. The molecule has 0 spiro atoms. The summed E-state index contributed by atoms with van der Waals surface area (Å²) in [6.45, 7) is 8.01. The van der Waals surface area contributed by atoms with Crippen molar-refractivity contribution in [2.45, 2.75) is 39.8 Å². The fraction of sp³-hybridized carbons (Fsp3) is 0.381. The maximum atomic E-state index is 13.1. The normalized spacial score (nSPS) is 12.4. The Labute approximate surface area is 159 Å². The van der Waals surface area contributed by atoms with Crippen LogP contribution in [0, 0.1) is 6.92 Å². The van der Waals surface area contributed by atoms with Gasteiger partial charge in [0.25, 0.3) is 5.91 Å².